The Hall–Kier alpha value is -2.38. The zero-order chi connectivity index (χ0) is 17.2. The van der Waals surface area contributed by atoms with Crippen molar-refractivity contribution in [2.75, 3.05) is 44.9 Å². The predicted molar refractivity (Wildman–Crippen MR) is 96.1 cm³/mol. The molecule has 0 radical (unpaired) electrons. The number of ether oxygens (including phenoxy) is 2. The lowest BCUT2D eigenvalue weighted by Crippen LogP contribution is -2.37. The Morgan fingerprint density at radius 3 is 2.88 bits per heavy atom. The molecule has 0 atom stereocenters. The number of fused-ring (bicyclic) bond motifs is 1. The first kappa shape index (κ1) is 16.1. The van der Waals surface area contributed by atoms with E-state index in [2.05, 4.69) is 44.2 Å². The summed E-state index contributed by atoms with van der Waals surface area (Å²) in [5.41, 5.74) is 4.18. The standard InChI is InChI=1S/C18H23N5O2/c1-14-16(15-3-5-21(13-15)7-10-24-2)23-6-4-19-17(18(23)20-14)22-8-11-25-12-9-22/h3-6,13H,7-12H2,1-2H3. The van der Waals surface area contributed by atoms with E-state index in [1.165, 1.54) is 0 Å². The van der Waals surface area contributed by atoms with Crippen LogP contribution >= 0.6 is 0 Å². The van der Waals surface area contributed by atoms with Crippen LogP contribution in [0, 0.1) is 6.92 Å². The van der Waals surface area contributed by atoms with Crippen molar-refractivity contribution in [2.24, 2.45) is 0 Å². The topological polar surface area (TPSA) is 56.8 Å². The molecule has 0 bridgehead atoms. The van der Waals surface area contributed by atoms with Gasteiger partial charge < -0.3 is 18.9 Å². The van der Waals surface area contributed by atoms with Gasteiger partial charge in [-0.05, 0) is 13.0 Å². The summed E-state index contributed by atoms with van der Waals surface area (Å²) in [6, 6.07) is 2.13. The van der Waals surface area contributed by atoms with Crippen LogP contribution in [0.1, 0.15) is 5.69 Å². The van der Waals surface area contributed by atoms with Crippen LogP contribution in [0.2, 0.25) is 0 Å². The van der Waals surface area contributed by atoms with Gasteiger partial charge in [0.15, 0.2) is 11.5 Å². The Balaban J connectivity index is 1.75. The van der Waals surface area contributed by atoms with Gasteiger partial charge in [-0.3, -0.25) is 4.40 Å². The van der Waals surface area contributed by atoms with Crippen LogP contribution in [0.15, 0.2) is 30.9 Å². The van der Waals surface area contributed by atoms with Gasteiger partial charge in [0.05, 0.1) is 31.2 Å². The second-order valence-corrected chi connectivity index (χ2v) is 6.22. The molecule has 0 aliphatic carbocycles. The summed E-state index contributed by atoms with van der Waals surface area (Å²) in [5.74, 6) is 0.930. The lowest BCUT2D eigenvalue weighted by molar-refractivity contribution is 0.122. The number of aromatic nitrogens is 4. The van der Waals surface area contributed by atoms with Crippen LogP contribution in [-0.2, 0) is 16.0 Å². The highest BCUT2D eigenvalue weighted by Crippen LogP contribution is 2.29. The number of imidazole rings is 1. The van der Waals surface area contributed by atoms with E-state index in [-0.39, 0.29) is 0 Å². The van der Waals surface area contributed by atoms with E-state index in [1.807, 2.05) is 12.4 Å². The number of nitrogens with zero attached hydrogens (tertiary/aromatic N) is 5. The Morgan fingerprint density at radius 1 is 1.24 bits per heavy atom. The highest BCUT2D eigenvalue weighted by Gasteiger charge is 2.20. The molecule has 0 N–H and O–H groups in total. The smallest absolute Gasteiger partial charge is 0.181 e. The van der Waals surface area contributed by atoms with Crippen LogP contribution in [0.3, 0.4) is 0 Å². The van der Waals surface area contributed by atoms with Gasteiger partial charge in [0.1, 0.15) is 0 Å². The first-order valence-corrected chi connectivity index (χ1v) is 8.59. The zero-order valence-electron chi connectivity index (χ0n) is 14.7. The summed E-state index contributed by atoms with van der Waals surface area (Å²) in [6.45, 7) is 6.76. The second kappa shape index (κ2) is 6.85. The number of methoxy groups -OCH3 is 1. The maximum Gasteiger partial charge on any atom is 0.181 e. The Labute approximate surface area is 146 Å². The molecular formula is C18H23N5O2. The minimum absolute atomic E-state index is 0.700. The highest BCUT2D eigenvalue weighted by atomic mass is 16.5. The van der Waals surface area contributed by atoms with Gasteiger partial charge in [0.2, 0.25) is 0 Å². The zero-order valence-corrected chi connectivity index (χ0v) is 14.7. The molecule has 0 amide bonds. The maximum atomic E-state index is 5.46. The Kier molecular flexibility index (Phi) is 4.42. The molecule has 1 saturated heterocycles. The fourth-order valence-electron chi connectivity index (χ4n) is 3.34. The molecular weight excluding hydrogens is 318 g/mol. The van der Waals surface area contributed by atoms with Gasteiger partial charge in [-0.1, -0.05) is 0 Å². The summed E-state index contributed by atoms with van der Waals surface area (Å²) >= 11 is 0. The van der Waals surface area contributed by atoms with Crippen molar-refractivity contribution in [1.29, 1.82) is 0 Å². The third-order valence-corrected chi connectivity index (χ3v) is 4.59. The summed E-state index contributed by atoms with van der Waals surface area (Å²) in [5, 5.41) is 0. The van der Waals surface area contributed by atoms with E-state index >= 15 is 0 Å². The van der Waals surface area contributed by atoms with Crippen molar-refractivity contribution in [3.8, 4) is 11.3 Å². The van der Waals surface area contributed by atoms with E-state index in [4.69, 9.17) is 14.5 Å². The fraction of sp³-hybridized carbons (Fsp3) is 0.444. The molecule has 3 aromatic rings. The van der Waals surface area contributed by atoms with Crippen LogP contribution in [-0.4, -0.2) is 59.0 Å². The minimum Gasteiger partial charge on any atom is -0.383 e. The van der Waals surface area contributed by atoms with Crippen molar-refractivity contribution < 1.29 is 9.47 Å². The third kappa shape index (κ3) is 3.01. The largest absolute Gasteiger partial charge is 0.383 e. The first-order valence-electron chi connectivity index (χ1n) is 8.59. The van der Waals surface area contributed by atoms with Crippen LogP contribution < -0.4 is 4.90 Å². The average molecular weight is 341 g/mol. The van der Waals surface area contributed by atoms with Crippen LogP contribution in [0.25, 0.3) is 16.9 Å². The highest BCUT2D eigenvalue weighted by molar-refractivity contribution is 5.73. The van der Waals surface area contributed by atoms with Gasteiger partial charge in [0, 0.05) is 57.1 Å². The normalized spacial score (nSPS) is 15.2. The number of rotatable bonds is 5. The first-order chi connectivity index (χ1) is 12.3. The molecule has 0 spiro atoms. The average Bonchev–Trinajstić information content (AvgIpc) is 3.23. The lowest BCUT2D eigenvalue weighted by atomic mass is 10.2. The van der Waals surface area contributed by atoms with Gasteiger partial charge in [-0.25, -0.2) is 9.97 Å². The number of hydrogen-bond donors (Lipinski definition) is 0. The Morgan fingerprint density at radius 2 is 2.08 bits per heavy atom. The molecule has 0 unspecified atom stereocenters. The number of anilines is 1. The molecule has 4 heterocycles. The molecule has 1 aliphatic heterocycles. The van der Waals surface area contributed by atoms with E-state index < -0.39 is 0 Å². The minimum atomic E-state index is 0.700. The molecule has 132 valence electrons. The predicted octanol–water partition coefficient (Wildman–Crippen LogP) is 1.99. The molecule has 1 fully saturated rings. The molecule has 4 rings (SSSR count). The molecule has 0 aromatic carbocycles. The summed E-state index contributed by atoms with van der Waals surface area (Å²) in [7, 11) is 1.72. The molecule has 25 heavy (non-hydrogen) atoms. The van der Waals surface area contributed by atoms with Crippen LogP contribution in [0.4, 0.5) is 5.82 Å². The van der Waals surface area contributed by atoms with E-state index in [9.17, 15) is 0 Å². The Bertz CT molecular complexity index is 864. The van der Waals surface area contributed by atoms with Gasteiger partial charge in [-0.15, -0.1) is 0 Å². The van der Waals surface area contributed by atoms with E-state index in [0.29, 0.717) is 6.61 Å². The van der Waals surface area contributed by atoms with E-state index in [0.717, 1.165) is 61.3 Å². The third-order valence-electron chi connectivity index (χ3n) is 4.59. The molecule has 3 aromatic heterocycles. The van der Waals surface area contributed by atoms with Crippen molar-refractivity contribution in [1.82, 2.24) is 18.9 Å². The SMILES string of the molecule is COCCn1ccc(-c2c(C)nc3c(N4CCOCC4)nccn23)c1. The number of aryl methyl sites for hydroxylation is 1. The van der Waals surface area contributed by atoms with Crippen molar-refractivity contribution in [3.05, 3.63) is 36.5 Å². The molecule has 7 heteroatoms. The van der Waals surface area contributed by atoms with Crippen LogP contribution in [0.5, 0.6) is 0 Å². The van der Waals surface area contributed by atoms with E-state index in [1.54, 1.807) is 7.11 Å². The lowest BCUT2D eigenvalue weighted by Gasteiger charge is -2.27. The van der Waals surface area contributed by atoms with Crippen molar-refractivity contribution in [3.63, 3.8) is 0 Å². The molecule has 1 aliphatic rings. The van der Waals surface area contributed by atoms with Gasteiger partial charge in [0.25, 0.3) is 0 Å². The quantitative estimate of drug-likeness (QED) is 0.710. The number of hydrogen-bond acceptors (Lipinski definition) is 5. The van der Waals surface area contributed by atoms with Crippen molar-refractivity contribution >= 4 is 11.5 Å². The summed E-state index contributed by atoms with van der Waals surface area (Å²) in [4.78, 5) is 11.7. The van der Waals surface area contributed by atoms with Gasteiger partial charge in [-0.2, -0.15) is 0 Å². The molecule has 7 nitrogen and oxygen atoms in total. The monoisotopic (exact) mass is 341 g/mol. The summed E-state index contributed by atoms with van der Waals surface area (Å²) < 4.78 is 14.9. The number of morpholine rings is 1. The maximum absolute atomic E-state index is 5.46. The fourth-order valence-corrected chi connectivity index (χ4v) is 3.34. The second-order valence-electron chi connectivity index (χ2n) is 6.22. The van der Waals surface area contributed by atoms with Gasteiger partial charge >= 0.3 is 0 Å². The summed E-state index contributed by atoms with van der Waals surface area (Å²) in [6.07, 6.45) is 8.06. The molecule has 0 saturated carbocycles. The van der Waals surface area contributed by atoms with Crippen molar-refractivity contribution in [2.45, 2.75) is 13.5 Å².